The van der Waals surface area contributed by atoms with Crippen LogP contribution in [0.15, 0.2) is 29.5 Å². The number of ether oxygens (including phenoxy) is 1. The smallest absolute Gasteiger partial charge is 0.105 e. The molecule has 0 aromatic carbocycles. The van der Waals surface area contributed by atoms with Crippen LogP contribution in [-0.2, 0) is 24.8 Å². The van der Waals surface area contributed by atoms with Crippen molar-refractivity contribution < 1.29 is 4.74 Å². The first-order valence-electron chi connectivity index (χ1n) is 7.12. The summed E-state index contributed by atoms with van der Waals surface area (Å²) in [6.45, 7) is 6.84. The van der Waals surface area contributed by atoms with Crippen LogP contribution >= 0.6 is 11.3 Å². The van der Waals surface area contributed by atoms with Crippen molar-refractivity contribution in [3.8, 4) is 0 Å². The van der Waals surface area contributed by atoms with E-state index in [4.69, 9.17) is 4.74 Å². The predicted octanol–water partition coefficient (Wildman–Crippen LogP) is 2.18. The summed E-state index contributed by atoms with van der Waals surface area (Å²) in [5.74, 6) is 0. The van der Waals surface area contributed by atoms with Crippen LogP contribution in [0.3, 0.4) is 0 Å². The number of aromatic nitrogens is 3. The molecule has 0 fully saturated rings. The van der Waals surface area contributed by atoms with E-state index in [1.807, 2.05) is 11.7 Å². The van der Waals surface area contributed by atoms with Crippen molar-refractivity contribution in [3.05, 3.63) is 46.4 Å². The SMILES string of the molecule is C=CCOC[C@H]1c2nnn(C)c2CCN1Cc1ccsc1. The first-order chi connectivity index (χ1) is 10.3. The Kier molecular flexibility index (Phi) is 4.48. The molecule has 0 bridgehead atoms. The molecule has 2 aromatic heterocycles. The van der Waals surface area contributed by atoms with Crippen molar-refractivity contribution in [2.45, 2.75) is 19.0 Å². The fourth-order valence-corrected chi connectivity index (χ4v) is 3.43. The lowest BCUT2D eigenvalue weighted by Gasteiger charge is -2.34. The molecular weight excluding hydrogens is 284 g/mol. The lowest BCUT2D eigenvalue weighted by molar-refractivity contribution is 0.0600. The number of hydrogen-bond donors (Lipinski definition) is 0. The van der Waals surface area contributed by atoms with Crippen LogP contribution in [0.2, 0.25) is 0 Å². The highest BCUT2D eigenvalue weighted by atomic mass is 32.1. The summed E-state index contributed by atoms with van der Waals surface area (Å²) in [4.78, 5) is 2.43. The first kappa shape index (κ1) is 14.4. The van der Waals surface area contributed by atoms with Crippen molar-refractivity contribution in [1.82, 2.24) is 19.9 Å². The maximum Gasteiger partial charge on any atom is 0.105 e. The summed E-state index contributed by atoms with van der Waals surface area (Å²) in [5, 5.41) is 12.9. The average Bonchev–Trinajstić information content (AvgIpc) is 3.11. The minimum Gasteiger partial charge on any atom is -0.375 e. The first-order valence-corrected chi connectivity index (χ1v) is 8.06. The number of aryl methyl sites for hydroxylation is 1. The van der Waals surface area contributed by atoms with E-state index in [0.29, 0.717) is 13.2 Å². The van der Waals surface area contributed by atoms with E-state index in [1.54, 1.807) is 17.4 Å². The molecule has 1 aliphatic heterocycles. The Morgan fingerprint density at radius 2 is 2.48 bits per heavy atom. The van der Waals surface area contributed by atoms with Gasteiger partial charge in [-0.3, -0.25) is 9.58 Å². The molecule has 0 saturated carbocycles. The van der Waals surface area contributed by atoms with Crippen molar-refractivity contribution in [1.29, 1.82) is 0 Å². The Bertz CT molecular complexity index is 593. The van der Waals surface area contributed by atoms with Crippen LogP contribution in [0.4, 0.5) is 0 Å². The molecule has 6 heteroatoms. The van der Waals surface area contributed by atoms with Crippen LogP contribution in [-0.4, -0.2) is 39.7 Å². The second kappa shape index (κ2) is 6.51. The van der Waals surface area contributed by atoms with E-state index >= 15 is 0 Å². The lowest BCUT2D eigenvalue weighted by atomic mass is 10.0. The van der Waals surface area contributed by atoms with Crippen molar-refractivity contribution in [3.63, 3.8) is 0 Å². The summed E-state index contributed by atoms with van der Waals surface area (Å²) >= 11 is 1.74. The van der Waals surface area contributed by atoms with Gasteiger partial charge in [-0.1, -0.05) is 11.3 Å². The Morgan fingerprint density at radius 3 is 3.24 bits per heavy atom. The zero-order valence-corrected chi connectivity index (χ0v) is 13.1. The van der Waals surface area contributed by atoms with Gasteiger partial charge in [-0.15, -0.1) is 11.7 Å². The third-order valence-electron chi connectivity index (χ3n) is 3.84. The van der Waals surface area contributed by atoms with Gasteiger partial charge in [0.25, 0.3) is 0 Å². The van der Waals surface area contributed by atoms with E-state index in [-0.39, 0.29) is 6.04 Å². The number of hydrogen-bond acceptors (Lipinski definition) is 5. The molecule has 1 aliphatic rings. The predicted molar refractivity (Wildman–Crippen MR) is 83.2 cm³/mol. The topological polar surface area (TPSA) is 43.2 Å². The molecule has 0 saturated heterocycles. The Hall–Kier alpha value is -1.50. The highest BCUT2D eigenvalue weighted by Gasteiger charge is 2.31. The molecule has 0 unspecified atom stereocenters. The van der Waals surface area contributed by atoms with E-state index in [2.05, 4.69) is 38.6 Å². The van der Waals surface area contributed by atoms with Gasteiger partial charge in [-0.2, -0.15) is 11.3 Å². The van der Waals surface area contributed by atoms with Gasteiger partial charge in [0.15, 0.2) is 0 Å². The third-order valence-corrected chi connectivity index (χ3v) is 4.57. The highest BCUT2D eigenvalue weighted by Crippen LogP contribution is 2.29. The number of fused-ring (bicyclic) bond motifs is 1. The van der Waals surface area contributed by atoms with E-state index in [0.717, 1.165) is 25.2 Å². The van der Waals surface area contributed by atoms with Gasteiger partial charge in [0, 0.05) is 26.6 Å². The minimum atomic E-state index is 0.169. The molecule has 0 N–H and O–H groups in total. The molecule has 112 valence electrons. The van der Waals surface area contributed by atoms with Crippen molar-refractivity contribution >= 4 is 11.3 Å². The Morgan fingerprint density at radius 1 is 1.57 bits per heavy atom. The van der Waals surface area contributed by atoms with Gasteiger partial charge < -0.3 is 4.74 Å². The van der Waals surface area contributed by atoms with Gasteiger partial charge in [0.1, 0.15) is 5.69 Å². The molecule has 0 aliphatic carbocycles. The summed E-state index contributed by atoms with van der Waals surface area (Å²) in [6.07, 6.45) is 2.77. The molecule has 1 atom stereocenters. The van der Waals surface area contributed by atoms with Crippen LogP contribution in [0, 0.1) is 0 Å². The second-order valence-electron chi connectivity index (χ2n) is 5.24. The van der Waals surface area contributed by atoms with E-state index in [1.165, 1.54) is 11.3 Å². The fraction of sp³-hybridized carbons (Fsp3) is 0.467. The fourth-order valence-electron chi connectivity index (χ4n) is 2.77. The summed E-state index contributed by atoms with van der Waals surface area (Å²) in [7, 11) is 1.96. The molecule has 3 rings (SSSR count). The molecule has 21 heavy (non-hydrogen) atoms. The molecular formula is C15H20N4OS. The van der Waals surface area contributed by atoms with Crippen molar-refractivity contribution in [2.24, 2.45) is 7.05 Å². The zero-order valence-electron chi connectivity index (χ0n) is 12.2. The van der Waals surface area contributed by atoms with Crippen LogP contribution < -0.4 is 0 Å². The third kappa shape index (κ3) is 3.07. The monoisotopic (exact) mass is 304 g/mol. The summed E-state index contributed by atoms with van der Waals surface area (Å²) < 4.78 is 7.59. The maximum absolute atomic E-state index is 5.70. The highest BCUT2D eigenvalue weighted by molar-refractivity contribution is 7.07. The van der Waals surface area contributed by atoms with Crippen LogP contribution in [0.1, 0.15) is 23.0 Å². The van der Waals surface area contributed by atoms with Gasteiger partial charge in [-0.05, 0) is 22.4 Å². The average molecular weight is 304 g/mol. The number of thiophene rings is 1. The molecule has 0 amide bonds. The van der Waals surface area contributed by atoms with Crippen LogP contribution in [0.25, 0.3) is 0 Å². The Labute approximate surface area is 128 Å². The molecule has 2 aromatic rings. The largest absolute Gasteiger partial charge is 0.375 e. The quantitative estimate of drug-likeness (QED) is 0.606. The van der Waals surface area contributed by atoms with Gasteiger partial charge in [0.05, 0.1) is 24.9 Å². The van der Waals surface area contributed by atoms with Gasteiger partial charge >= 0.3 is 0 Å². The Balaban J connectivity index is 1.80. The summed E-state index contributed by atoms with van der Waals surface area (Å²) in [6, 6.07) is 2.35. The number of rotatable bonds is 6. The van der Waals surface area contributed by atoms with Crippen LogP contribution in [0.5, 0.6) is 0 Å². The zero-order chi connectivity index (χ0) is 14.7. The van der Waals surface area contributed by atoms with Gasteiger partial charge in [-0.25, -0.2) is 0 Å². The summed E-state index contributed by atoms with van der Waals surface area (Å²) in [5.41, 5.74) is 3.63. The van der Waals surface area contributed by atoms with Gasteiger partial charge in [0.2, 0.25) is 0 Å². The number of nitrogens with zero attached hydrogens (tertiary/aromatic N) is 4. The molecule has 0 spiro atoms. The van der Waals surface area contributed by atoms with E-state index in [9.17, 15) is 0 Å². The molecule has 0 radical (unpaired) electrons. The second-order valence-corrected chi connectivity index (χ2v) is 6.02. The standard InChI is InChI=1S/C15H20N4OS/c1-3-7-20-10-14-15-13(18(2)17-16-15)4-6-19(14)9-12-5-8-21-11-12/h3,5,8,11,14H,1,4,6-7,9-10H2,2H3/t14-/m0/s1. The normalized spacial score (nSPS) is 18.6. The molecule has 3 heterocycles. The van der Waals surface area contributed by atoms with E-state index < -0.39 is 0 Å². The van der Waals surface area contributed by atoms with Crippen molar-refractivity contribution in [2.75, 3.05) is 19.8 Å². The maximum atomic E-state index is 5.70. The minimum absolute atomic E-state index is 0.169. The molecule has 5 nitrogen and oxygen atoms in total. The lowest BCUT2D eigenvalue weighted by Crippen LogP contribution is -2.38.